The second kappa shape index (κ2) is 5.12. The second-order valence-electron chi connectivity index (χ2n) is 3.65. The summed E-state index contributed by atoms with van der Waals surface area (Å²) < 4.78 is 0. The van der Waals surface area contributed by atoms with Gasteiger partial charge in [0.15, 0.2) is 0 Å². The molecule has 1 aromatic carbocycles. The average molecular weight is 227 g/mol. The van der Waals surface area contributed by atoms with Gasteiger partial charge in [0.2, 0.25) is 0 Å². The number of pyridine rings is 1. The standard InChI is InChI=1S/C13H13N3O/c14-11-6-7-12(15-9-11)13(17)16-8-10-4-2-1-3-5-10/h1-7,9H,8,14H2,(H,16,17). The molecule has 86 valence electrons. The van der Waals surface area contributed by atoms with Crippen LogP contribution in [0.3, 0.4) is 0 Å². The number of carbonyl (C=O) groups is 1. The highest BCUT2D eigenvalue weighted by molar-refractivity contribution is 5.92. The van der Waals surface area contributed by atoms with E-state index < -0.39 is 0 Å². The van der Waals surface area contributed by atoms with Crippen LogP contribution in [0.4, 0.5) is 5.69 Å². The summed E-state index contributed by atoms with van der Waals surface area (Å²) in [5, 5.41) is 2.79. The molecule has 0 spiro atoms. The summed E-state index contributed by atoms with van der Waals surface area (Å²) in [6.45, 7) is 0.492. The van der Waals surface area contributed by atoms with Crippen molar-refractivity contribution in [1.29, 1.82) is 0 Å². The zero-order valence-electron chi connectivity index (χ0n) is 9.26. The van der Waals surface area contributed by atoms with E-state index in [1.165, 1.54) is 6.20 Å². The molecule has 2 aromatic rings. The van der Waals surface area contributed by atoms with Gasteiger partial charge in [0.25, 0.3) is 5.91 Å². The first-order valence-corrected chi connectivity index (χ1v) is 5.29. The van der Waals surface area contributed by atoms with Crippen LogP contribution < -0.4 is 11.1 Å². The molecule has 0 fully saturated rings. The van der Waals surface area contributed by atoms with E-state index in [0.717, 1.165) is 5.56 Å². The van der Waals surface area contributed by atoms with Crippen LogP contribution in [0.15, 0.2) is 48.7 Å². The van der Waals surface area contributed by atoms with Crippen molar-refractivity contribution in [1.82, 2.24) is 10.3 Å². The van der Waals surface area contributed by atoms with Gasteiger partial charge in [-0.2, -0.15) is 0 Å². The predicted octanol–water partition coefficient (Wildman–Crippen LogP) is 1.59. The quantitative estimate of drug-likeness (QED) is 0.836. The van der Waals surface area contributed by atoms with Gasteiger partial charge in [0, 0.05) is 6.54 Å². The molecule has 0 saturated carbocycles. The molecule has 3 N–H and O–H groups in total. The van der Waals surface area contributed by atoms with Crippen LogP contribution in [-0.2, 0) is 6.54 Å². The fourth-order valence-corrected chi connectivity index (χ4v) is 1.41. The van der Waals surface area contributed by atoms with E-state index in [-0.39, 0.29) is 5.91 Å². The van der Waals surface area contributed by atoms with Gasteiger partial charge in [-0.15, -0.1) is 0 Å². The normalized spacial score (nSPS) is 9.88. The van der Waals surface area contributed by atoms with Crippen LogP contribution in [-0.4, -0.2) is 10.9 Å². The molecule has 1 heterocycles. The second-order valence-corrected chi connectivity index (χ2v) is 3.65. The van der Waals surface area contributed by atoms with E-state index in [4.69, 9.17) is 5.73 Å². The molecule has 1 amide bonds. The largest absolute Gasteiger partial charge is 0.397 e. The van der Waals surface area contributed by atoms with Gasteiger partial charge < -0.3 is 11.1 Å². The number of anilines is 1. The van der Waals surface area contributed by atoms with Crippen molar-refractivity contribution in [2.24, 2.45) is 0 Å². The Labute approximate surface area is 99.5 Å². The van der Waals surface area contributed by atoms with E-state index >= 15 is 0 Å². The Hall–Kier alpha value is -2.36. The van der Waals surface area contributed by atoms with E-state index in [2.05, 4.69) is 10.3 Å². The molecule has 17 heavy (non-hydrogen) atoms. The topological polar surface area (TPSA) is 68.0 Å². The predicted molar refractivity (Wildman–Crippen MR) is 66.3 cm³/mol. The minimum absolute atomic E-state index is 0.200. The molecule has 0 unspecified atom stereocenters. The number of nitrogen functional groups attached to an aromatic ring is 1. The number of nitrogens with zero attached hydrogens (tertiary/aromatic N) is 1. The van der Waals surface area contributed by atoms with E-state index in [1.54, 1.807) is 12.1 Å². The number of nitrogens with one attached hydrogen (secondary N) is 1. The SMILES string of the molecule is Nc1ccc(C(=O)NCc2ccccc2)nc1. The molecule has 0 aliphatic rings. The van der Waals surface area contributed by atoms with Crippen molar-refractivity contribution in [2.45, 2.75) is 6.54 Å². The van der Waals surface area contributed by atoms with E-state index in [9.17, 15) is 4.79 Å². The Bertz CT molecular complexity index is 494. The Balaban J connectivity index is 1.96. The molecule has 0 bridgehead atoms. The Morgan fingerprint density at radius 1 is 1.18 bits per heavy atom. The Morgan fingerprint density at radius 3 is 2.59 bits per heavy atom. The molecule has 0 atom stereocenters. The monoisotopic (exact) mass is 227 g/mol. The van der Waals surface area contributed by atoms with Gasteiger partial charge in [-0.25, -0.2) is 4.98 Å². The third-order valence-electron chi connectivity index (χ3n) is 2.31. The zero-order valence-corrected chi connectivity index (χ0v) is 9.26. The molecule has 0 aliphatic heterocycles. The molecule has 4 nitrogen and oxygen atoms in total. The lowest BCUT2D eigenvalue weighted by molar-refractivity contribution is 0.0946. The maximum Gasteiger partial charge on any atom is 0.270 e. The molecule has 1 aromatic heterocycles. The number of aromatic nitrogens is 1. The van der Waals surface area contributed by atoms with Gasteiger partial charge in [-0.3, -0.25) is 4.79 Å². The average Bonchev–Trinajstić information content (AvgIpc) is 2.38. The van der Waals surface area contributed by atoms with Crippen LogP contribution in [0, 0.1) is 0 Å². The summed E-state index contributed by atoms with van der Waals surface area (Å²) in [6, 6.07) is 13.0. The number of carbonyl (C=O) groups excluding carboxylic acids is 1. The summed E-state index contributed by atoms with van der Waals surface area (Å²) in [5.74, 6) is -0.200. The molecule has 0 radical (unpaired) electrons. The lowest BCUT2D eigenvalue weighted by Crippen LogP contribution is -2.23. The zero-order chi connectivity index (χ0) is 12.1. The molecule has 4 heteroatoms. The highest BCUT2D eigenvalue weighted by Crippen LogP contribution is 2.02. The van der Waals surface area contributed by atoms with E-state index in [0.29, 0.717) is 17.9 Å². The smallest absolute Gasteiger partial charge is 0.270 e. The summed E-state index contributed by atoms with van der Waals surface area (Å²) in [5.41, 5.74) is 7.47. The minimum Gasteiger partial charge on any atom is -0.397 e. The van der Waals surface area contributed by atoms with Crippen LogP contribution in [0.25, 0.3) is 0 Å². The maximum atomic E-state index is 11.7. The number of hydrogen-bond acceptors (Lipinski definition) is 3. The van der Waals surface area contributed by atoms with Crippen LogP contribution >= 0.6 is 0 Å². The lowest BCUT2D eigenvalue weighted by Gasteiger charge is -2.04. The first kappa shape index (κ1) is 11.1. The third-order valence-corrected chi connectivity index (χ3v) is 2.31. The van der Waals surface area contributed by atoms with Crippen molar-refractivity contribution >= 4 is 11.6 Å². The van der Waals surface area contributed by atoms with Crippen molar-refractivity contribution < 1.29 is 4.79 Å². The summed E-state index contributed by atoms with van der Waals surface area (Å²) >= 11 is 0. The van der Waals surface area contributed by atoms with Gasteiger partial charge in [-0.1, -0.05) is 30.3 Å². The number of hydrogen-bond donors (Lipinski definition) is 2. The third kappa shape index (κ3) is 3.04. The number of amides is 1. The molecule has 0 saturated heterocycles. The highest BCUT2D eigenvalue weighted by Gasteiger charge is 2.05. The molecular weight excluding hydrogens is 214 g/mol. The van der Waals surface area contributed by atoms with Gasteiger partial charge in [0.1, 0.15) is 5.69 Å². The maximum absolute atomic E-state index is 11.7. The molecular formula is C13H13N3O. The van der Waals surface area contributed by atoms with Crippen LogP contribution in [0.5, 0.6) is 0 Å². The fraction of sp³-hybridized carbons (Fsp3) is 0.0769. The number of benzene rings is 1. The van der Waals surface area contributed by atoms with Crippen LogP contribution in [0.2, 0.25) is 0 Å². The minimum atomic E-state index is -0.200. The van der Waals surface area contributed by atoms with Gasteiger partial charge in [-0.05, 0) is 17.7 Å². The van der Waals surface area contributed by atoms with Crippen molar-refractivity contribution in [3.63, 3.8) is 0 Å². The van der Waals surface area contributed by atoms with Crippen LogP contribution in [0.1, 0.15) is 16.1 Å². The van der Waals surface area contributed by atoms with Gasteiger partial charge >= 0.3 is 0 Å². The van der Waals surface area contributed by atoms with Crippen molar-refractivity contribution in [2.75, 3.05) is 5.73 Å². The van der Waals surface area contributed by atoms with Crippen molar-refractivity contribution in [3.8, 4) is 0 Å². The number of nitrogens with two attached hydrogens (primary N) is 1. The Kier molecular flexibility index (Phi) is 3.35. The first-order chi connectivity index (χ1) is 8.25. The number of rotatable bonds is 3. The highest BCUT2D eigenvalue weighted by atomic mass is 16.1. The first-order valence-electron chi connectivity index (χ1n) is 5.29. The molecule has 2 rings (SSSR count). The summed E-state index contributed by atoms with van der Waals surface area (Å²) in [4.78, 5) is 15.7. The lowest BCUT2D eigenvalue weighted by atomic mass is 10.2. The van der Waals surface area contributed by atoms with Crippen molar-refractivity contribution in [3.05, 3.63) is 59.9 Å². The molecule has 0 aliphatic carbocycles. The fourth-order valence-electron chi connectivity index (χ4n) is 1.41. The van der Waals surface area contributed by atoms with Gasteiger partial charge in [0.05, 0.1) is 11.9 Å². The van der Waals surface area contributed by atoms with E-state index in [1.807, 2.05) is 30.3 Å². The Morgan fingerprint density at radius 2 is 1.94 bits per heavy atom. The summed E-state index contributed by atoms with van der Waals surface area (Å²) in [7, 11) is 0. The summed E-state index contributed by atoms with van der Waals surface area (Å²) in [6.07, 6.45) is 1.47.